The molecule has 0 aliphatic heterocycles. The Labute approximate surface area is 202 Å². The first kappa shape index (κ1) is 22.3. The van der Waals surface area contributed by atoms with Crippen LogP contribution in [0.25, 0.3) is 28.2 Å². The number of Topliss-reactive ketones (excluding diaryl/α,β-unsaturated/α-hetero) is 1. The predicted octanol–water partition coefficient (Wildman–Crippen LogP) is 6.69. The average Bonchev–Trinajstić information content (AvgIpc) is 3.56. The molecule has 0 fully saturated rings. The molecule has 1 aliphatic carbocycles. The van der Waals surface area contributed by atoms with Crippen molar-refractivity contribution in [3.8, 4) is 28.3 Å². The minimum absolute atomic E-state index is 0.119. The molecule has 4 aromatic rings. The van der Waals surface area contributed by atoms with Gasteiger partial charge in [-0.15, -0.1) is 0 Å². The zero-order valence-electron chi connectivity index (χ0n) is 19.2. The average molecular weight is 466 g/mol. The Hall–Kier alpha value is -4.45. The van der Waals surface area contributed by atoms with E-state index < -0.39 is 5.97 Å². The van der Waals surface area contributed by atoms with Gasteiger partial charge in [-0.25, -0.2) is 9.78 Å². The summed E-state index contributed by atoms with van der Waals surface area (Å²) in [5.74, 6) is 0.729. The van der Waals surface area contributed by atoms with Gasteiger partial charge in [0.1, 0.15) is 5.69 Å². The summed E-state index contributed by atoms with van der Waals surface area (Å²) < 4.78 is 6.34. The van der Waals surface area contributed by atoms with Crippen LogP contribution in [0.4, 0.5) is 0 Å². The Balaban J connectivity index is 1.55. The van der Waals surface area contributed by atoms with E-state index in [4.69, 9.17) is 14.3 Å². The van der Waals surface area contributed by atoms with Gasteiger partial charge >= 0.3 is 5.97 Å². The zero-order chi connectivity index (χ0) is 24.2. The van der Waals surface area contributed by atoms with Crippen molar-refractivity contribution in [2.24, 2.45) is 0 Å². The molecule has 1 aromatic heterocycles. The van der Waals surface area contributed by atoms with Crippen molar-refractivity contribution in [1.82, 2.24) is 4.98 Å². The molecule has 3 aromatic carbocycles. The van der Waals surface area contributed by atoms with Crippen LogP contribution in [0.3, 0.4) is 0 Å². The van der Waals surface area contributed by atoms with Crippen LogP contribution < -0.4 is 4.89 Å². The van der Waals surface area contributed by atoms with Gasteiger partial charge in [0.25, 0.3) is 0 Å². The molecule has 0 atom stereocenters. The number of benzene rings is 3. The lowest BCUT2D eigenvalue weighted by Gasteiger charge is -2.07. The molecule has 0 amide bonds. The predicted molar refractivity (Wildman–Crippen MR) is 131 cm³/mol. The Morgan fingerprint density at radius 2 is 1.57 bits per heavy atom. The standard InChI is InChI=1S/C29H23NO5/c1-19(31)34-35-23-15-8-14-22(18-23)27(32)24-16-9-17-25(24)29-30-26(20-10-4-2-5-11-20)28(33-29)21-12-6-3-7-13-21/h2-8,10-15,18H,9,16-17H2,1H3. The van der Waals surface area contributed by atoms with Gasteiger partial charge in [-0.2, -0.15) is 0 Å². The largest absolute Gasteiger partial charge is 0.436 e. The molecule has 5 rings (SSSR count). The number of allylic oxidation sites excluding steroid dienone is 2. The molecule has 6 nitrogen and oxygen atoms in total. The Morgan fingerprint density at radius 1 is 0.857 bits per heavy atom. The summed E-state index contributed by atoms with van der Waals surface area (Å²) in [6, 6.07) is 26.3. The van der Waals surface area contributed by atoms with Crippen molar-refractivity contribution in [2.75, 3.05) is 0 Å². The van der Waals surface area contributed by atoms with Gasteiger partial charge in [-0.3, -0.25) is 14.6 Å². The summed E-state index contributed by atoms with van der Waals surface area (Å²) in [4.78, 5) is 39.0. The number of oxazole rings is 1. The van der Waals surface area contributed by atoms with E-state index in [0.717, 1.165) is 28.8 Å². The van der Waals surface area contributed by atoms with E-state index in [0.29, 0.717) is 35.6 Å². The molecule has 0 saturated carbocycles. The van der Waals surface area contributed by atoms with Gasteiger partial charge in [0.2, 0.25) is 5.89 Å². The number of carbonyl (C=O) groups excluding carboxylic acids is 2. The van der Waals surface area contributed by atoms with Crippen molar-refractivity contribution >= 4 is 17.3 Å². The first-order valence-corrected chi connectivity index (χ1v) is 11.4. The molecular weight excluding hydrogens is 442 g/mol. The second-order valence-corrected chi connectivity index (χ2v) is 8.25. The summed E-state index contributed by atoms with van der Waals surface area (Å²) in [5, 5.41) is 0. The van der Waals surface area contributed by atoms with Gasteiger partial charge in [-0.05, 0) is 31.4 Å². The van der Waals surface area contributed by atoms with Gasteiger partial charge in [0, 0.05) is 34.8 Å². The molecular formula is C29H23NO5. The van der Waals surface area contributed by atoms with Crippen LogP contribution in [-0.4, -0.2) is 16.7 Å². The van der Waals surface area contributed by atoms with Gasteiger partial charge in [0.05, 0.1) is 0 Å². The van der Waals surface area contributed by atoms with E-state index in [9.17, 15) is 9.59 Å². The smallest absolute Gasteiger partial charge is 0.352 e. The fraction of sp³-hybridized carbons (Fsp3) is 0.138. The van der Waals surface area contributed by atoms with Crippen molar-refractivity contribution in [3.63, 3.8) is 0 Å². The van der Waals surface area contributed by atoms with E-state index in [1.54, 1.807) is 24.3 Å². The molecule has 174 valence electrons. The van der Waals surface area contributed by atoms with Gasteiger partial charge < -0.3 is 4.42 Å². The van der Waals surface area contributed by atoms with Crippen LogP contribution in [0, 0.1) is 0 Å². The Bertz CT molecular complexity index is 1350. The number of nitrogens with zero attached hydrogens (tertiary/aromatic N) is 1. The Morgan fingerprint density at radius 3 is 2.29 bits per heavy atom. The summed E-state index contributed by atoms with van der Waals surface area (Å²) in [6.45, 7) is 1.24. The van der Waals surface area contributed by atoms with Crippen LogP contribution in [0.5, 0.6) is 5.75 Å². The van der Waals surface area contributed by atoms with Crippen molar-refractivity contribution < 1.29 is 23.8 Å². The van der Waals surface area contributed by atoms with Crippen molar-refractivity contribution in [1.29, 1.82) is 0 Å². The number of ketones is 1. The lowest BCUT2D eigenvalue weighted by Crippen LogP contribution is -2.06. The topological polar surface area (TPSA) is 78.6 Å². The first-order valence-electron chi connectivity index (χ1n) is 11.4. The third-order valence-electron chi connectivity index (χ3n) is 5.81. The second kappa shape index (κ2) is 9.81. The maximum Gasteiger partial charge on any atom is 0.352 e. The SMILES string of the molecule is CC(=O)OOc1cccc(C(=O)C2=C(c3nc(-c4ccccc4)c(-c4ccccc4)o3)CCC2)c1. The summed E-state index contributed by atoms with van der Waals surface area (Å²) in [7, 11) is 0. The van der Waals surface area contributed by atoms with E-state index in [1.807, 2.05) is 60.7 Å². The van der Waals surface area contributed by atoms with Gasteiger partial charge in [-0.1, -0.05) is 72.8 Å². The third kappa shape index (κ3) is 4.77. The molecule has 1 heterocycles. The highest BCUT2D eigenvalue weighted by atomic mass is 17.2. The lowest BCUT2D eigenvalue weighted by molar-refractivity contribution is -0.210. The Kier molecular flexibility index (Phi) is 6.26. The highest BCUT2D eigenvalue weighted by Crippen LogP contribution is 2.40. The lowest BCUT2D eigenvalue weighted by atomic mass is 10.00. The van der Waals surface area contributed by atoms with Crippen LogP contribution >= 0.6 is 0 Å². The van der Waals surface area contributed by atoms with Crippen LogP contribution in [0.2, 0.25) is 0 Å². The summed E-state index contributed by atoms with van der Waals surface area (Å²) >= 11 is 0. The summed E-state index contributed by atoms with van der Waals surface area (Å²) in [5.41, 5.74) is 4.56. The molecule has 35 heavy (non-hydrogen) atoms. The first-order chi connectivity index (χ1) is 17.1. The molecule has 1 aliphatic rings. The number of rotatable bonds is 7. The number of hydrogen-bond acceptors (Lipinski definition) is 6. The molecule has 0 spiro atoms. The molecule has 6 heteroatoms. The molecule has 0 radical (unpaired) electrons. The quantitative estimate of drug-likeness (QED) is 0.172. The maximum absolute atomic E-state index is 13.5. The second-order valence-electron chi connectivity index (χ2n) is 8.25. The molecule has 0 N–H and O–H groups in total. The highest BCUT2D eigenvalue weighted by molar-refractivity contribution is 6.13. The van der Waals surface area contributed by atoms with Crippen LogP contribution in [0.1, 0.15) is 42.4 Å². The van der Waals surface area contributed by atoms with Gasteiger partial charge in [0.15, 0.2) is 17.3 Å². The van der Waals surface area contributed by atoms with E-state index in [2.05, 4.69) is 4.89 Å². The van der Waals surface area contributed by atoms with Crippen LogP contribution in [-0.2, 0) is 9.68 Å². The van der Waals surface area contributed by atoms with E-state index in [-0.39, 0.29) is 11.5 Å². The number of carbonyl (C=O) groups is 2. The fourth-order valence-corrected chi connectivity index (χ4v) is 4.23. The zero-order valence-corrected chi connectivity index (χ0v) is 19.2. The van der Waals surface area contributed by atoms with Crippen molar-refractivity contribution in [2.45, 2.75) is 26.2 Å². The highest BCUT2D eigenvalue weighted by Gasteiger charge is 2.28. The van der Waals surface area contributed by atoms with E-state index >= 15 is 0 Å². The summed E-state index contributed by atoms with van der Waals surface area (Å²) in [6.07, 6.45) is 2.17. The monoisotopic (exact) mass is 465 g/mol. The number of hydrogen-bond donors (Lipinski definition) is 0. The molecule has 0 unspecified atom stereocenters. The molecule has 0 bridgehead atoms. The maximum atomic E-state index is 13.5. The minimum Gasteiger partial charge on any atom is -0.436 e. The van der Waals surface area contributed by atoms with Crippen molar-refractivity contribution in [3.05, 3.63) is 102 Å². The normalized spacial score (nSPS) is 13.1. The number of aromatic nitrogens is 1. The van der Waals surface area contributed by atoms with E-state index in [1.165, 1.54) is 6.92 Å². The fourth-order valence-electron chi connectivity index (χ4n) is 4.23. The third-order valence-corrected chi connectivity index (χ3v) is 5.81. The molecule has 0 saturated heterocycles. The van der Waals surface area contributed by atoms with Crippen LogP contribution in [0.15, 0.2) is 94.9 Å². The minimum atomic E-state index is -0.574.